The number of hydrogen-bond donors (Lipinski definition) is 2. The van der Waals surface area contributed by atoms with Gasteiger partial charge in [0.15, 0.2) is 0 Å². The molecule has 1 N–H and O–H groups in total. The average molecular weight is 188 g/mol. The van der Waals surface area contributed by atoms with Gasteiger partial charge in [-0.2, -0.15) is 0 Å². The van der Waals surface area contributed by atoms with E-state index in [-0.39, 0.29) is 6.42 Å². The molecule has 0 spiro atoms. The van der Waals surface area contributed by atoms with Crippen molar-refractivity contribution < 1.29 is 9.90 Å². The number of carbonyl (C=O) groups is 1. The lowest BCUT2D eigenvalue weighted by Gasteiger charge is -1.91. The molecule has 0 fully saturated rings. The minimum absolute atomic E-state index is 0.108. The van der Waals surface area contributed by atoms with E-state index in [0.717, 1.165) is 14.6 Å². The summed E-state index contributed by atoms with van der Waals surface area (Å²) in [6, 6.07) is 1.88. The van der Waals surface area contributed by atoms with Gasteiger partial charge in [0.1, 0.15) is 0 Å². The largest absolute Gasteiger partial charge is 0.481 e. The highest BCUT2D eigenvalue weighted by atomic mass is 32.2. The zero-order chi connectivity index (χ0) is 8.43. The fourth-order valence-electron chi connectivity index (χ4n) is 0.815. The van der Waals surface area contributed by atoms with Crippen LogP contribution in [0.1, 0.15) is 10.4 Å². The topological polar surface area (TPSA) is 37.3 Å². The predicted octanol–water partition coefficient (Wildman–Crippen LogP) is 1.97. The minimum Gasteiger partial charge on any atom is -0.481 e. The van der Waals surface area contributed by atoms with Crippen LogP contribution in [-0.4, -0.2) is 11.1 Å². The molecule has 1 aromatic heterocycles. The minimum atomic E-state index is -0.789. The average Bonchev–Trinajstić information content (AvgIpc) is 2.09. The van der Waals surface area contributed by atoms with Gasteiger partial charge in [0.2, 0.25) is 0 Å². The zero-order valence-electron chi connectivity index (χ0n) is 6.00. The third kappa shape index (κ3) is 2.24. The number of aliphatic carboxylic acids is 1. The maximum Gasteiger partial charge on any atom is 0.308 e. The first-order valence-corrected chi connectivity index (χ1v) is 4.36. The highest BCUT2D eigenvalue weighted by Crippen LogP contribution is 2.24. The van der Waals surface area contributed by atoms with Crippen LogP contribution in [0.15, 0.2) is 10.3 Å². The molecule has 0 amide bonds. The summed E-state index contributed by atoms with van der Waals surface area (Å²) in [5, 5.41) is 8.48. The molecule has 0 aliphatic rings. The molecular weight excluding hydrogens is 180 g/mol. The van der Waals surface area contributed by atoms with Crippen molar-refractivity contribution in [3.05, 3.63) is 16.5 Å². The highest BCUT2D eigenvalue weighted by molar-refractivity contribution is 7.82. The monoisotopic (exact) mass is 188 g/mol. The molecule has 0 saturated heterocycles. The molecule has 4 heteroatoms. The van der Waals surface area contributed by atoms with Gasteiger partial charge in [0.25, 0.3) is 0 Å². The van der Waals surface area contributed by atoms with Gasteiger partial charge in [-0.1, -0.05) is 0 Å². The van der Waals surface area contributed by atoms with Crippen LogP contribution < -0.4 is 0 Å². The Balaban J connectivity index is 2.85. The zero-order valence-corrected chi connectivity index (χ0v) is 7.71. The normalized spacial score (nSPS) is 10.0. The van der Waals surface area contributed by atoms with Crippen molar-refractivity contribution in [1.29, 1.82) is 0 Å². The predicted molar refractivity (Wildman–Crippen MR) is 47.6 cm³/mol. The Morgan fingerprint density at radius 2 is 2.45 bits per heavy atom. The number of thiophene rings is 1. The molecule has 0 aromatic carbocycles. The van der Waals surface area contributed by atoms with Gasteiger partial charge in [0.05, 0.1) is 10.6 Å². The maximum atomic E-state index is 10.3. The molecule has 0 unspecified atom stereocenters. The Kier molecular flexibility index (Phi) is 2.57. The third-order valence-electron chi connectivity index (χ3n) is 1.32. The Bertz CT molecular complexity index is 278. The number of thiol groups is 1. The summed E-state index contributed by atoms with van der Waals surface area (Å²) < 4.78 is 0.874. The van der Waals surface area contributed by atoms with Crippen LogP contribution in [0, 0.1) is 6.92 Å². The van der Waals surface area contributed by atoms with Crippen LogP contribution in [-0.2, 0) is 11.2 Å². The van der Waals surface area contributed by atoms with Gasteiger partial charge >= 0.3 is 5.97 Å². The number of carboxylic acid groups (broad SMARTS) is 1. The molecule has 0 atom stereocenters. The van der Waals surface area contributed by atoms with Crippen molar-refractivity contribution in [1.82, 2.24) is 0 Å². The smallest absolute Gasteiger partial charge is 0.308 e. The van der Waals surface area contributed by atoms with E-state index in [1.165, 1.54) is 11.3 Å². The molecule has 0 aliphatic heterocycles. The van der Waals surface area contributed by atoms with Crippen molar-refractivity contribution in [2.45, 2.75) is 17.6 Å². The molecule has 1 rings (SSSR count). The van der Waals surface area contributed by atoms with Crippen molar-refractivity contribution in [2.75, 3.05) is 0 Å². The van der Waals surface area contributed by atoms with E-state index in [9.17, 15) is 4.79 Å². The van der Waals surface area contributed by atoms with Crippen molar-refractivity contribution in [3.8, 4) is 0 Å². The van der Waals surface area contributed by atoms with E-state index in [0.29, 0.717) is 0 Å². The van der Waals surface area contributed by atoms with Crippen molar-refractivity contribution in [2.24, 2.45) is 0 Å². The van der Waals surface area contributed by atoms with Crippen LogP contribution in [0.3, 0.4) is 0 Å². The first-order valence-electron chi connectivity index (χ1n) is 3.09. The Morgan fingerprint density at radius 1 is 1.82 bits per heavy atom. The molecule has 0 bridgehead atoms. The molecule has 0 aliphatic carbocycles. The summed E-state index contributed by atoms with van der Waals surface area (Å²) in [5.41, 5.74) is 1.02. The van der Waals surface area contributed by atoms with Crippen LogP contribution in [0.4, 0.5) is 0 Å². The molecule has 0 radical (unpaired) electrons. The lowest BCUT2D eigenvalue weighted by molar-refractivity contribution is -0.136. The Morgan fingerprint density at radius 3 is 2.82 bits per heavy atom. The van der Waals surface area contributed by atoms with Crippen molar-refractivity contribution in [3.63, 3.8) is 0 Å². The molecule has 1 aromatic rings. The summed E-state index contributed by atoms with van der Waals surface area (Å²) in [4.78, 5) is 11.2. The van der Waals surface area contributed by atoms with Gasteiger partial charge in [-0.25, -0.2) is 0 Å². The van der Waals surface area contributed by atoms with E-state index in [2.05, 4.69) is 12.6 Å². The SMILES string of the molecule is Cc1cc(S)sc1CC(=O)O. The number of carboxylic acids is 1. The number of aryl methyl sites for hydroxylation is 1. The number of rotatable bonds is 2. The molecule has 60 valence electrons. The standard InChI is InChI=1S/C7H8O2S2/c1-4-2-7(10)11-5(4)3-6(8)9/h2,10H,3H2,1H3,(H,8,9). The Labute approximate surface area is 74.3 Å². The fraction of sp³-hybridized carbons (Fsp3) is 0.286. The fourth-order valence-corrected chi connectivity index (χ4v) is 2.24. The summed E-state index contributed by atoms with van der Waals surface area (Å²) in [6.45, 7) is 1.90. The van der Waals surface area contributed by atoms with Crippen LogP contribution >= 0.6 is 24.0 Å². The second kappa shape index (κ2) is 3.28. The van der Waals surface area contributed by atoms with Crippen molar-refractivity contribution >= 4 is 29.9 Å². The second-order valence-corrected chi connectivity index (χ2v) is 4.18. The maximum absolute atomic E-state index is 10.3. The molecular formula is C7H8O2S2. The van der Waals surface area contributed by atoms with Gasteiger partial charge in [0, 0.05) is 4.88 Å². The summed E-state index contributed by atoms with van der Waals surface area (Å²) in [6.07, 6.45) is 0.108. The first kappa shape index (κ1) is 8.62. The van der Waals surface area contributed by atoms with Gasteiger partial charge in [-0.15, -0.1) is 24.0 Å². The van der Waals surface area contributed by atoms with Gasteiger partial charge in [-0.05, 0) is 18.6 Å². The Hall–Kier alpha value is -0.480. The van der Waals surface area contributed by atoms with E-state index >= 15 is 0 Å². The molecule has 1 heterocycles. The van der Waals surface area contributed by atoms with E-state index < -0.39 is 5.97 Å². The number of hydrogen-bond acceptors (Lipinski definition) is 3. The summed E-state index contributed by atoms with van der Waals surface area (Å²) in [7, 11) is 0. The summed E-state index contributed by atoms with van der Waals surface area (Å²) >= 11 is 5.55. The quantitative estimate of drug-likeness (QED) is 0.696. The second-order valence-electron chi connectivity index (χ2n) is 2.26. The van der Waals surface area contributed by atoms with Crippen LogP contribution in [0.2, 0.25) is 0 Å². The van der Waals surface area contributed by atoms with E-state index in [1.54, 1.807) is 0 Å². The molecule has 11 heavy (non-hydrogen) atoms. The lowest BCUT2D eigenvalue weighted by atomic mass is 10.2. The van der Waals surface area contributed by atoms with Crippen LogP contribution in [0.5, 0.6) is 0 Å². The van der Waals surface area contributed by atoms with E-state index in [1.807, 2.05) is 13.0 Å². The molecule has 2 nitrogen and oxygen atoms in total. The third-order valence-corrected chi connectivity index (χ3v) is 2.76. The van der Waals surface area contributed by atoms with E-state index in [4.69, 9.17) is 5.11 Å². The highest BCUT2D eigenvalue weighted by Gasteiger charge is 2.06. The first-order chi connectivity index (χ1) is 5.09. The van der Waals surface area contributed by atoms with Gasteiger partial charge in [-0.3, -0.25) is 4.79 Å². The van der Waals surface area contributed by atoms with Crippen LogP contribution in [0.25, 0.3) is 0 Å². The molecule has 0 saturated carbocycles. The van der Waals surface area contributed by atoms with Gasteiger partial charge < -0.3 is 5.11 Å². The summed E-state index contributed by atoms with van der Waals surface area (Å²) in [5.74, 6) is -0.789. The lowest BCUT2D eigenvalue weighted by Crippen LogP contribution is -1.98.